The van der Waals surface area contributed by atoms with Gasteiger partial charge in [-0.3, -0.25) is 0 Å². The largest absolute Gasteiger partial charge is 0.455 e. The van der Waals surface area contributed by atoms with E-state index in [9.17, 15) is 4.79 Å². The lowest BCUT2D eigenvalue weighted by atomic mass is 10.2. The van der Waals surface area contributed by atoms with Crippen LogP contribution in [0, 0.1) is 6.92 Å². The number of hydrogen-bond donors (Lipinski definition) is 0. The van der Waals surface area contributed by atoms with Crippen molar-refractivity contribution in [2.24, 2.45) is 0 Å². The highest BCUT2D eigenvalue weighted by molar-refractivity contribution is 9.13. The molecule has 0 N–H and O–H groups in total. The van der Waals surface area contributed by atoms with Crippen molar-refractivity contribution in [2.45, 2.75) is 6.92 Å². The summed E-state index contributed by atoms with van der Waals surface area (Å²) in [5, 5.41) is 0. The molecule has 0 atom stereocenters. The monoisotopic (exact) mass is 346 g/mol. The minimum atomic E-state index is -0.427. The normalized spacial score (nSPS) is 14.7. The van der Waals surface area contributed by atoms with Crippen molar-refractivity contribution in [2.75, 3.05) is 6.61 Å². The molecule has 3 nitrogen and oxygen atoms in total. The summed E-state index contributed by atoms with van der Waals surface area (Å²) in [5.41, 5.74) is 1.09. The molecule has 0 aromatic heterocycles. The maximum atomic E-state index is 11.2. The quantitative estimate of drug-likeness (QED) is 0.770. The van der Waals surface area contributed by atoms with Gasteiger partial charge < -0.3 is 9.47 Å². The third-order valence-corrected chi connectivity index (χ3v) is 4.49. The Morgan fingerprint density at radius 3 is 2.69 bits per heavy atom. The zero-order chi connectivity index (χ0) is 11.7. The lowest BCUT2D eigenvalue weighted by Gasteiger charge is -2.09. The fourth-order valence-electron chi connectivity index (χ4n) is 1.26. The Hall–Kier alpha value is -0.810. The van der Waals surface area contributed by atoms with E-state index in [-0.39, 0.29) is 12.4 Å². The smallest absolute Gasteiger partial charge is 0.374 e. The van der Waals surface area contributed by atoms with Gasteiger partial charge in [-0.15, -0.1) is 0 Å². The molecule has 1 heterocycles. The number of benzene rings is 1. The standard InChI is InChI=1S/C11H8Br2O3/c1-6-2-3-7(10(13)9(6)12)16-8-4-5-15-11(8)14/h2-4H,5H2,1H3. The summed E-state index contributed by atoms with van der Waals surface area (Å²) in [4.78, 5) is 11.2. The van der Waals surface area contributed by atoms with Crippen LogP contribution in [-0.4, -0.2) is 12.6 Å². The molecule has 0 saturated carbocycles. The van der Waals surface area contributed by atoms with Crippen molar-refractivity contribution in [3.63, 3.8) is 0 Å². The molecule has 0 amide bonds. The van der Waals surface area contributed by atoms with Crippen molar-refractivity contribution < 1.29 is 14.3 Å². The van der Waals surface area contributed by atoms with Crippen LogP contribution >= 0.6 is 31.9 Å². The van der Waals surface area contributed by atoms with Crippen LogP contribution in [0.25, 0.3) is 0 Å². The Morgan fingerprint density at radius 1 is 1.31 bits per heavy atom. The number of aryl methyl sites for hydroxylation is 1. The Morgan fingerprint density at radius 2 is 2.06 bits per heavy atom. The van der Waals surface area contributed by atoms with E-state index in [4.69, 9.17) is 9.47 Å². The summed E-state index contributed by atoms with van der Waals surface area (Å²) in [5.74, 6) is 0.391. The summed E-state index contributed by atoms with van der Waals surface area (Å²) in [6.45, 7) is 2.25. The minimum Gasteiger partial charge on any atom is -0.455 e. The Kier molecular flexibility index (Phi) is 3.35. The number of cyclic esters (lactones) is 1. The molecule has 0 saturated heterocycles. The third-order valence-electron chi connectivity index (χ3n) is 2.14. The van der Waals surface area contributed by atoms with Gasteiger partial charge in [0.05, 0.1) is 4.47 Å². The van der Waals surface area contributed by atoms with Gasteiger partial charge in [0, 0.05) is 10.5 Å². The second-order valence-corrected chi connectivity index (χ2v) is 4.86. The SMILES string of the molecule is Cc1ccc(OC2=CCOC2=O)c(Br)c1Br. The summed E-state index contributed by atoms with van der Waals surface area (Å²) >= 11 is 6.84. The molecule has 5 heteroatoms. The average Bonchev–Trinajstić information content (AvgIpc) is 2.65. The first-order chi connectivity index (χ1) is 7.59. The van der Waals surface area contributed by atoms with Crippen LogP contribution in [0.15, 0.2) is 32.9 Å². The van der Waals surface area contributed by atoms with Gasteiger partial charge in [0.15, 0.2) is 0 Å². The van der Waals surface area contributed by atoms with Crippen molar-refractivity contribution in [1.82, 2.24) is 0 Å². The van der Waals surface area contributed by atoms with E-state index in [0.29, 0.717) is 5.75 Å². The van der Waals surface area contributed by atoms with Crippen molar-refractivity contribution >= 4 is 37.8 Å². The molecule has 0 aliphatic carbocycles. The predicted molar refractivity (Wildman–Crippen MR) is 66.2 cm³/mol. The first-order valence-corrected chi connectivity index (χ1v) is 6.18. The van der Waals surface area contributed by atoms with E-state index in [1.54, 1.807) is 12.1 Å². The van der Waals surface area contributed by atoms with Gasteiger partial charge in [0.1, 0.15) is 12.4 Å². The number of ether oxygens (including phenoxy) is 2. The maximum Gasteiger partial charge on any atom is 0.374 e. The van der Waals surface area contributed by atoms with E-state index in [1.807, 2.05) is 13.0 Å². The van der Waals surface area contributed by atoms with E-state index in [2.05, 4.69) is 31.9 Å². The Labute approximate surface area is 110 Å². The highest BCUT2D eigenvalue weighted by atomic mass is 79.9. The molecule has 0 radical (unpaired) electrons. The van der Waals surface area contributed by atoms with Gasteiger partial charge in [-0.2, -0.15) is 0 Å². The molecule has 1 aliphatic heterocycles. The fourth-order valence-corrected chi connectivity index (χ4v) is 2.11. The van der Waals surface area contributed by atoms with Crippen LogP contribution in [0.3, 0.4) is 0 Å². The second-order valence-electron chi connectivity index (χ2n) is 3.28. The minimum absolute atomic E-state index is 0.233. The van der Waals surface area contributed by atoms with Crippen LogP contribution < -0.4 is 4.74 Å². The molecule has 84 valence electrons. The van der Waals surface area contributed by atoms with E-state index in [0.717, 1.165) is 14.5 Å². The summed E-state index contributed by atoms with van der Waals surface area (Å²) in [7, 11) is 0. The lowest BCUT2D eigenvalue weighted by molar-refractivity contribution is -0.138. The van der Waals surface area contributed by atoms with Gasteiger partial charge in [-0.25, -0.2) is 4.79 Å². The Balaban J connectivity index is 2.29. The number of halogens is 2. The van der Waals surface area contributed by atoms with Crippen molar-refractivity contribution in [1.29, 1.82) is 0 Å². The highest BCUT2D eigenvalue weighted by Gasteiger charge is 2.20. The van der Waals surface area contributed by atoms with Gasteiger partial charge in [0.2, 0.25) is 5.76 Å². The average molecular weight is 348 g/mol. The van der Waals surface area contributed by atoms with Crippen molar-refractivity contribution in [3.8, 4) is 5.75 Å². The zero-order valence-corrected chi connectivity index (χ0v) is 11.6. The number of esters is 1. The predicted octanol–water partition coefficient (Wildman–Crippen LogP) is 3.34. The summed E-state index contributed by atoms with van der Waals surface area (Å²) in [6, 6.07) is 3.71. The third kappa shape index (κ3) is 2.15. The van der Waals surface area contributed by atoms with Crippen LogP contribution in [0.5, 0.6) is 5.75 Å². The van der Waals surface area contributed by atoms with Crippen LogP contribution in [-0.2, 0) is 9.53 Å². The summed E-state index contributed by atoms with van der Waals surface area (Å²) < 4.78 is 11.9. The van der Waals surface area contributed by atoms with Gasteiger partial charge in [-0.05, 0) is 50.4 Å². The molecule has 0 fully saturated rings. The fraction of sp³-hybridized carbons (Fsp3) is 0.182. The second kappa shape index (κ2) is 4.59. The number of carbonyl (C=O) groups excluding carboxylic acids is 1. The first kappa shape index (κ1) is 11.7. The number of carbonyl (C=O) groups is 1. The van der Waals surface area contributed by atoms with Gasteiger partial charge >= 0.3 is 5.97 Å². The first-order valence-electron chi connectivity index (χ1n) is 4.59. The number of hydrogen-bond acceptors (Lipinski definition) is 3. The topological polar surface area (TPSA) is 35.5 Å². The van der Waals surface area contributed by atoms with E-state index < -0.39 is 5.97 Å². The molecule has 1 aliphatic rings. The van der Waals surface area contributed by atoms with Crippen LogP contribution in [0.1, 0.15) is 5.56 Å². The van der Waals surface area contributed by atoms with Crippen molar-refractivity contribution in [3.05, 3.63) is 38.5 Å². The molecule has 1 aromatic rings. The molecule has 2 rings (SSSR count). The van der Waals surface area contributed by atoms with Crippen LogP contribution in [0.4, 0.5) is 0 Å². The molecular weight excluding hydrogens is 340 g/mol. The molecule has 1 aromatic carbocycles. The maximum absolute atomic E-state index is 11.2. The Bertz CT molecular complexity index is 480. The van der Waals surface area contributed by atoms with Gasteiger partial charge in [-0.1, -0.05) is 6.07 Å². The van der Waals surface area contributed by atoms with Crippen LogP contribution in [0.2, 0.25) is 0 Å². The lowest BCUT2D eigenvalue weighted by Crippen LogP contribution is -2.05. The number of rotatable bonds is 2. The molecular formula is C11H8Br2O3. The molecule has 0 spiro atoms. The molecule has 0 bridgehead atoms. The zero-order valence-electron chi connectivity index (χ0n) is 8.42. The van der Waals surface area contributed by atoms with Gasteiger partial charge in [0.25, 0.3) is 0 Å². The van der Waals surface area contributed by atoms with E-state index in [1.165, 1.54) is 0 Å². The highest BCUT2D eigenvalue weighted by Crippen LogP contribution is 2.36. The summed E-state index contributed by atoms with van der Waals surface area (Å²) in [6.07, 6.45) is 1.61. The van der Waals surface area contributed by atoms with E-state index >= 15 is 0 Å². The molecule has 0 unspecified atom stereocenters. The molecule has 16 heavy (non-hydrogen) atoms.